The van der Waals surface area contributed by atoms with E-state index < -0.39 is 0 Å². The van der Waals surface area contributed by atoms with Crippen molar-refractivity contribution in [1.82, 2.24) is 5.43 Å². The monoisotopic (exact) mass is 306 g/mol. The Kier molecular flexibility index (Phi) is 4.99. The molecule has 1 unspecified atom stereocenters. The Hall–Kier alpha value is -1.42. The van der Waals surface area contributed by atoms with Crippen molar-refractivity contribution in [3.8, 4) is 0 Å². The van der Waals surface area contributed by atoms with Crippen LogP contribution in [0.25, 0.3) is 0 Å². The number of hydrazine groups is 1. The number of aryl methyl sites for hydroxylation is 3. The van der Waals surface area contributed by atoms with Gasteiger partial charge in [0.1, 0.15) is 5.82 Å². The van der Waals surface area contributed by atoms with Gasteiger partial charge in [0.05, 0.1) is 6.04 Å². The predicted octanol–water partition coefficient (Wildman–Crippen LogP) is 4.15. The van der Waals surface area contributed by atoms with Gasteiger partial charge in [0, 0.05) is 5.02 Å². The van der Waals surface area contributed by atoms with Crippen molar-refractivity contribution in [2.24, 2.45) is 5.84 Å². The van der Waals surface area contributed by atoms with E-state index in [2.05, 4.69) is 24.5 Å². The Bertz CT molecular complexity index is 632. The zero-order chi connectivity index (χ0) is 15.6. The van der Waals surface area contributed by atoms with Crippen LogP contribution in [0.4, 0.5) is 4.39 Å². The SMILES string of the molecule is Cc1cc(C)c(C(Cc2cc(Cl)ccc2F)NN)c(C)c1. The zero-order valence-corrected chi connectivity index (χ0v) is 13.3. The molecule has 1 atom stereocenters. The molecule has 0 aliphatic heterocycles. The van der Waals surface area contributed by atoms with E-state index in [0.29, 0.717) is 17.0 Å². The molecule has 0 heterocycles. The number of nitrogens with two attached hydrogens (primary N) is 1. The van der Waals surface area contributed by atoms with Gasteiger partial charge in [-0.1, -0.05) is 29.3 Å². The van der Waals surface area contributed by atoms with Crippen LogP contribution < -0.4 is 11.3 Å². The summed E-state index contributed by atoms with van der Waals surface area (Å²) >= 11 is 5.95. The molecule has 0 aliphatic carbocycles. The first-order valence-corrected chi connectivity index (χ1v) is 7.28. The lowest BCUT2D eigenvalue weighted by Crippen LogP contribution is -2.31. The molecule has 21 heavy (non-hydrogen) atoms. The number of rotatable bonds is 4. The summed E-state index contributed by atoms with van der Waals surface area (Å²) in [5.74, 6) is 5.45. The highest BCUT2D eigenvalue weighted by Gasteiger charge is 2.18. The second-order valence-electron chi connectivity index (χ2n) is 5.47. The highest BCUT2D eigenvalue weighted by atomic mass is 35.5. The highest BCUT2D eigenvalue weighted by Crippen LogP contribution is 2.27. The molecule has 0 spiro atoms. The summed E-state index contributed by atoms with van der Waals surface area (Å²) in [5, 5.41) is 0.527. The van der Waals surface area contributed by atoms with Gasteiger partial charge >= 0.3 is 0 Å². The van der Waals surface area contributed by atoms with Crippen molar-refractivity contribution < 1.29 is 4.39 Å². The molecule has 0 bridgehead atoms. The smallest absolute Gasteiger partial charge is 0.126 e. The quantitative estimate of drug-likeness (QED) is 0.658. The average molecular weight is 307 g/mol. The maximum atomic E-state index is 13.9. The van der Waals surface area contributed by atoms with E-state index in [1.54, 1.807) is 12.1 Å². The van der Waals surface area contributed by atoms with Crippen LogP contribution in [-0.4, -0.2) is 0 Å². The molecule has 2 aromatic rings. The second-order valence-corrected chi connectivity index (χ2v) is 5.91. The van der Waals surface area contributed by atoms with Gasteiger partial charge in [-0.25, -0.2) is 4.39 Å². The molecule has 2 rings (SSSR count). The van der Waals surface area contributed by atoms with E-state index in [0.717, 1.165) is 16.7 Å². The molecule has 0 fully saturated rings. The zero-order valence-electron chi connectivity index (χ0n) is 12.5. The maximum absolute atomic E-state index is 13.9. The van der Waals surface area contributed by atoms with Crippen molar-refractivity contribution in [2.75, 3.05) is 0 Å². The minimum atomic E-state index is -0.262. The van der Waals surface area contributed by atoms with Crippen LogP contribution in [0.15, 0.2) is 30.3 Å². The average Bonchev–Trinajstić information content (AvgIpc) is 2.40. The predicted molar refractivity (Wildman–Crippen MR) is 85.8 cm³/mol. The lowest BCUT2D eigenvalue weighted by molar-refractivity contribution is 0.525. The van der Waals surface area contributed by atoms with Gasteiger partial charge in [-0.15, -0.1) is 0 Å². The van der Waals surface area contributed by atoms with Crippen LogP contribution in [0.1, 0.15) is 33.9 Å². The van der Waals surface area contributed by atoms with Gasteiger partial charge in [-0.2, -0.15) is 0 Å². The Morgan fingerprint density at radius 1 is 1.14 bits per heavy atom. The molecule has 0 amide bonds. The molecule has 4 heteroatoms. The first kappa shape index (κ1) is 16.0. The summed E-state index contributed by atoms with van der Waals surface area (Å²) in [4.78, 5) is 0. The van der Waals surface area contributed by atoms with Crippen LogP contribution >= 0.6 is 11.6 Å². The van der Waals surface area contributed by atoms with E-state index in [1.165, 1.54) is 11.6 Å². The number of benzene rings is 2. The molecule has 3 N–H and O–H groups in total. The summed E-state index contributed by atoms with van der Waals surface area (Å²) < 4.78 is 13.9. The molecule has 2 aromatic carbocycles. The van der Waals surface area contributed by atoms with Gasteiger partial charge in [0.2, 0.25) is 0 Å². The minimum Gasteiger partial charge on any atom is -0.271 e. The summed E-state index contributed by atoms with van der Waals surface area (Å²) in [6.45, 7) is 6.16. The normalized spacial score (nSPS) is 12.5. The first-order chi connectivity index (χ1) is 9.92. The van der Waals surface area contributed by atoms with Crippen LogP contribution in [0.3, 0.4) is 0 Å². The lowest BCUT2D eigenvalue weighted by Gasteiger charge is -2.22. The number of hydrogen-bond donors (Lipinski definition) is 2. The lowest BCUT2D eigenvalue weighted by atomic mass is 9.90. The number of nitrogens with one attached hydrogen (secondary N) is 1. The molecule has 0 aliphatic rings. The van der Waals surface area contributed by atoms with Gasteiger partial charge in [0.25, 0.3) is 0 Å². The van der Waals surface area contributed by atoms with Crippen LogP contribution in [0, 0.1) is 26.6 Å². The fraction of sp³-hybridized carbons (Fsp3) is 0.294. The summed E-state index contributed by atoms with van der Waals surface area (Å²) in [7, 11) is 0. The molecule has 0 radical (unpaired) electrons. The number of hydrogen-bond acceptors (Lipinski definition) is 2. The molecule has 0 aromatic heterocycles. The molecule has 2 nitrogen and oxygen atoms in total. The van der Waals surface area contributed by atoms with Crippen molar-refractivity contribution in [3.63, 3.8) is 0 Å². The van der Waals surface area contributed by atoms with Gasteiger partial charge in [0.15, 0.2) is 0 Å². The summed E-state index contributed by atoms with van der Waals surface area (Å²) in [6, 6.07) is 8.66. The van der Waals surface area contributed by atoms with Crippen molar-refractivity contribution in [2.45, 2.75) is 33.2 Å². The standard InChI is InChI=1S/C17H20ClFN2/c1-10-6-11(2)17(12(3)7-10)16(21-20)9-13-8-14(18)4-5-15(13)19/h4-8,16,21H,9,20H2,1-3H3. The van der Waals surface area contributed by atoms with E-state index in [-0.39, 0.29) is 11.9 Å². The Balaban J connectivity index is 2.39. The Morgan fingerprint density at radius 2 is 1.76 bits per heavy atom. The Morgan fingerprint density at radius 3 is 2.33 bits per heavy atom. The molecule has 0 saturated carbocycles. The summed E-state index contributed by atoms with van der Waals surface area (Å²) in [6.07, 6.45) is 0.452. The van der Waals surface area contributed by atoms with Gasteiger partial charge in [-0.05, 0) is 67.6 Å². The van der Waals surface area contributed by atoms with Crippen molar-refractivity contribution in [1.29, 1.82) is 0 Å². The van der Waals surface area contributed by atoms with Crippen molar-refractivity contribution in [3.05, 3.63) is 69.0 Å². The molecule has 0 saturated heterocycles. The highest BCUT2D eigenvalue weighted by molar-refractivity contribution is 6.30. The van der Waals surface area contributed by atoms with Crippen molar-refractivity contribution >= 4 is 11.6 Å². The third-order valence-corrected chi connectivity index (χ3v) is 3.95. The van der Waals surface area contributed by atoms with Crippen LogP contribution in [0.2, 0.25) is 5.02 Å². The fourth-order valence-electron chi connectivity index (χ4n) is 2.90. The Labute approximate surface area is 130 Å². The largest absolute Gasteiger partial charge is 0.271 e. The van der Waals surface area contributed by atoms with E-state index in [1.807, 2.05) is 13.8 Å². The van der Waals surface area contributed by atoms with E-state index in [4.69, 9.17) is 17.4 Å². The van der Waals surface area contributed by atoms with Gasteiger partial charge in [-0.3, -0.25) is 11.3 Å². The third kappa shape index (κ3) is 3.62. The van der Waals surface area contributed by atoms with Gasteiger partial charge < -0.3 is 0 Å². The topological polar surface area (TPSA) is 38.0 Å². The molecular weight excluding hydrogens is 287 g/mol. The first-order valence-electron chi connectivity index (χ1n) is 6.90. The van der Waals surface area contributed by atoms with Crippen LogP contribution in [0.5, 0.6) is 0 Å². The second kappa shape index (κ2) is 6.56. The van der Waals surface area contributed by atoms with Crippen LogP contribution in [-0.2, 0) is 6.42 Å². The van der Waals surface area contributed by atoms with E-state index >= 15 is 0 Å². The summed E-state index contributed by atoms with van der Waals surface area (Å²) in [5.41, 5.74) is 7.99. The maximum Gasteiger partial charge on any atom is 0.126 e. The number of halogens is 2. The van der Waals surface area contributed by atoms with E-state index in [9.17, 15) is 4.39 Å². The fourth-order valence-corrected chi connectivity index (χ4v) is 3.10. The molecular formula is C17H20ClFN2. The molecule has 112 valence electrons. The third-order valence-electron chi connectivity index (χ3n) is 3.72. The minimum absolute atomic E-state index is 0.154.